The summed E-state index contributed by atoms with van der Waals surface area (Å²) in [5.41, 5.74) is 4.57. The molecule has 148 valence electrons. The number of rotatable bonds is 7. The molecule has 1 N–H and O–H groups in total. The molecule has 0 saturated carbocycles. The monoisotopic (exact) mass is 378 g/mol. The molecular weight excluding hydrogens is 348 g/mol. The van der Waals surface area contributed by atoms with Crippen LogP contribution in [0, 0.1) is 6.92 Å². The van der Waals surface area contributed by atoms with E-state index in [9.17, 15) is 4.79 Å². The summed E-state index contributed by atoms with van der Waals surface area (Å²) in [6.45, 7) is 9.32. The summed E-state index contributed by atoms with van der Waals surface area (Å²) in [7, 11) is 0. The van der Waals surface area contributed by atoms with E-state index in [0.29, 0.717) is 6.54 Å². The first-order valence-electron chi connectivity index (χ1n) is 10.0. The van der Waals surface area contributed by atoms with E-state index in [1.165, 1.54) is 11.1 Å². The van der Waals surface area contributed by atoms with Crippen molar-refractivity contribution in [1.82, 2.24) is 10.2 Å². The molecule has 0 radical (unpaired) electrons. The Bertz CT molecular complexity index is 825. The Morgan fingerprint density at radius 1 is 1.14 bits per heavy atom. The molecule has 3 rings (SSSR count). The van der Waals surface area contributed by atoms with E-state index in [-0.39, 0.29) is 12.0 Å². The van der Waals surface area contributed by atoms with E-state index in [2.05, 4.69) is 47.5 Å². The van der Waals surface area contributed by atoms with Gasteiger partial charge in [-0.2, -0.15) is 0 Å². The molecule has 0 spiro atoms. The number of amides is 1. The molecular formula is C24H30N2O2. The van der Waals surface area contributed by atoms with Crippen molar-refractivity contribution in [2.24, 2.45) is 0 Å². The van der Waals surface area contributed by atoms with Crippen LogP contribution in [0.1, 0.15) is 37.0 Å². The van der Waals surface area contributed by atoms with Gasteiger partial charge in [0.05, 0.1) is 6.10 Å². The summed E-state index contributed by atoms with van der Waals surface area (Å²) < 4.78 is 5.65. The van der Waals surface area contributed by atoms with Crippen LogP contribution in [0.5, 0.6) is 5.75 Å². The molecule has 1 heterocycles. The lowest BCUT2D eigenvalue weighted by Crippen LogP contribution is -2.33. The van der Waals surface area contributed by atoms with Crippen LogP contribution < -0.4 is 10.1 Å². The number of ether oxygens (including phenoxy) is 1. The molecule has 2 aromatic carbocycles. The highest BCUT2D eigenvalue weighted by molar-refractivity contribution is 5.93. The third-order valence-corrected chi connectivity index (χ3v) is 4.82. The maximum absolute atomic E-state index is 12.5. The topological polar surface area (TPSA) is 41.6 Å². The van der Waals surface area contributed by atoms with Gasteiger partial charge in [-0.3, -0.25) is 9.69 Å². The van der Waals surface area contributed by atoms with Gasteiger partial charge in [-0.1, -0.05) is 48.0 Å². The van der Waals surface area contributed by atoms with E-state index in [0.717, 1.165) is 42.9 Å². The van der Waals surface area contributed by atoms with Gasteiger partial charge < -0.3 is 10.1 Å². The molecule has 0 aliphatic carbocycles. The van der Waals surface area contributed by atoms with Crippen LogP contribution in [0.4, 0.5) is 0 Å². The second-order valence-corrected chi connectivity index (χ2v) is 7.70. The Morgan fingerprint density at radius 2 is 1.93 bits per heavy atom. The largest absolute Gasteiger partial charge is 0.491 e. The minimum atomic E-state index is 0.0395. The van der Waals surface area contributed by atoms with Gasteiger partial charge in [0.25, 0.3) is 0 Å². The zero-order chi connectivity index (χ0) is 19.9. The molecule has 0 unspecified atom stereocenters. The SMILES string of the molecule is Cc1cccc(CN2CC=C(C(=O)NCc3ccc(OC(C)C)cc3)CC2)c1. The van der Waals surface area contributed by atoms with Crippen molar-refractivity contribution < 1.29 is 9.53 Å². The quantitative estimate of drug-likeness (QED) is 0.784. The Hall–Kier alpha value is -2.59. The average Bonchev–Trinajstić information content (AvgIpc) is 2.67. The van der Waals surface area contributed by atoms with Crippen molar-refractivity contribution in [2.75, 3.05) is 13.1 Å². The molecule has 0 aromatic heterocycles. The fourth-order valence-corrected chi connectivity index (χ4v) is 3.38. The van der Waals surface area contributed by atoms with Crippen LogP contribution in [0.3, 0.4) is 0 Å². The summed E-state index contributed by atoms with van der Waals surface area (Å²) in [6, 6.07) is 16.5. The molecule has 1 aliphatic heterocycles. The summed E-state index contributed by atoms with van der Waals surface area (Å²) in [6.07, 6.45) is 3.02. The predicted molar refractivity (Wildman–Crippen MR) is 113 cm³/mol. The lowest BCUT2D eigenvalue weighted by atomic mass is 10.1. The Kier molecular flexibility index (Phi) is 6.88. The molecule has 4 heteroatoms. The van der Waals surface area contributed by atoms with Crippen LogP contribution in [0.15, 0.2) is 60.2 Å². The second-order valence-electron chi connectivity index (χ2n) is 7.70. The average molecular weight is 379 g/mol. The number of benzene rings is 2. The van der Waals surface area contributed by atoms with Crippen molar-refractivity contribution in [3.05, 3.63) is 76.9 Å². The Balaban J connectivity index is 1.47. The van der Waals surface area contributed by atoms with Crippen LogP contribution in [0.25, 0.3) is 0 Å². The predicted octanol–water partition coefficient (Wildman–Crippen LogP) is 4.23. The smallest absolute Gasteiger partial charge is 0.247 e. The maximum Gasteiger partial charge on any atom is 0.247 e. The number of nitrogens with one attached hydrogen (secondary N) is 1. The van der Waals surface area contributed by atoms with Crippen molar-refractivity contribution in [2.45, 2.75) is 46.4 Å². The van der Waals surface area contributed by atoms with Gasteiger partial charge in [-0.25, -0.2) is 0 Å². The van der Waals surface area contributed by atoms with Gasteiger partial charge in [0.1, 0.15) is 5.75 Å². The first kappa shape index (κ1) is 20.2. The molecule has 0 bridgehead atoms. The number of hydrogen-bond acceptors (Lipinski definition) is 3. The van der Waals surface area contributed by atoms with E-state index in [1.807, 2.05) is 38.1 Å². The number of aryl methyl sites for hydroxylation is 1. The minimum absolute atomic E-state index is 0.0395. The highest BCUT2D eigenvalue weighted by atomic mass is 16.5. The number of nitrogens with zero attached hydrogens (tertiary/aromatic N) is 1. The van der Waals surface area contributed by atoms with Crippen LogP contribution >= 0.6 is 0 Å². The standard InChI is InChI=1S/C24H30N2O2/c1-18(2)28-23-9-7-20(8-10-23)16-25-24(27)22-11-13-26(14-12-22)17-21-6-4-5-19(3)15-21/h4-11,15,18H,12-14,16-17H2,1-3H3,(H,25,27). The fourth-order valence-electron chi connectivity index (χ4n) is 3.38. The highest BCUT2D eigenvalue weighted by Gasteiger charge is 2.17. The van der Waals surface area contributed by atoms with E-state index in [1.54, 1.807) is 0 Å². The van der Waals surface area contributed by atoms with Crippen molar-refractivity contribution in [1.29, 1.82) is 0 Å². The molecule has 2 aromatic rings. The maximum atomic E-state index is 12.5. The van der Waals surface area contributed by atoms with Gasteiger partial charge in [-0.15, -0.1) is 0 Å². The molecule has 1 amide bonds. The fraction of sp³-hybridized carbons (Fsp3) is 0.375. The first-order valence-corrected chi connectivity index (χ1v) is 10.0. The molecule has 28 heavy (non-hydrogen) atoms. The van der Waals surface area contributed by atoms with Crippen LogP contribution in [-0.4, -0.2) is 30.0 Å². The summed E-state index contributed by atoms with van der Waals surface area (Å²) >= 11 is 0. The lowest BCUT2D eigenvalue weighted by Gasteiger charge is -2.26. The van der Waals surface area contributed by atoms with Gasteiger partial charge in [0.15, 0.2) is 0 Å². The van der Waals surface area contributed by atoms with E-state index in [4.69, 9.17) is 4.74 Å². The third-order valence-electron chi connectivity index (χ3n) is 4.82. The highest BCUT2D eigenvalue weighted by Crippen LogP contribution is 2.16. The number of carbonyl (C=O) groups excluding carboxylic acids is 1. The van der Waals surface area contributed by atoms with E-state index < -0.39 is 0 Å². The normalized spacial score (nSPS) is 14.6. The van der Waals surface area contributed by atoms with E-state index >= 15 is 0 Å². The summed E-state index contributed by atoms with van der Waals surface area (Å²) in [4.78, 5) is 14.8. The Labute approximate surface area is 168 Å². The van der Waals surface area contributed by atoms with Crippen molar-refractivity contribution in [3.63, 3.8) is 0 Å². The number of hydrogen-bond donors (Lipinski definition) is 1. The molecule has 1 aliphatic rings. The minimum Gasteiger partial charge on any atom is -0.491 e. The summed E-state index contributed by atoms with van der Waals surface area (Å²) in [5, 5.41) is 3.03. The van der Waals surface area contributed by atoms with Gasteiger partial charge in [-0.05, 0) is 50.5 Å². The molecule has 0 saturated heterocycles. The van der Waals surface area contributed by atoms with Gasteiger partial charge >= 0.3 is 0 Å². The van der Waals surface area contributed by atoms with Crippen LogP contribution in [0.2, 0.25) is 0 Å². The van der Waals surface area contributed by atoms with Crippen molar-refractivity contribution in [3.8, 4) is 5.75 Å². The third kappa shape index (κ3) is 5.96. The Morgan fingerprint density at radius 3 is 2.57 bits per heavy atom. The van der Waals surface area contributed by atoms with Crippen molar-refractivity contribution >= 4 is 5.91 Å². The summed E-state index contributed by atoms with van der Waals surface area (Å²) in [5.74, 6) is 0.895. The first-order chi connectivity index (χ1) is 13.5. The van der Waals surface area contributed by atoms with Gasteiger partial charge in [0, 0.05) is 31.8 Å². The van der Waals surface area contributed by atoms with Crippen LogP contribution in [-0.2, 0) is 17.9 Å². The zero-order valence-electron chi connectivity index (χ0n) is 17.1. The number of carbonyl (C=O) groups is 1. The lowest BCUT2D eigenvalue weighted by molar-refractivity contribution is -0.117. The molecule has 4 nitrogen and oxygen atoms in total. The zero-order valence-corrected chi connectivity index (χ0v) is 17.1. The molecule has 0 fully saturated rings. The molecule has 0 atom stereocenters. The van der Waals surface area contributed by atoms with Gasteiger partial charge in [0.2, 0.25) is 5.91 Å². The second kappa shape index (κ2) is 9.56.